The highest BCUT2D eigenvalue weighted by atomic mass is 16.2. The van der Waals surface area contributed by atoms with Crippen molar-refractivity contribution in [1.29, 1.82) is 0 Å². The molecule has 0 aromatic carbocycles. The molecule has 0 unspecified atom stereocenters. The first-order valence-corrected chi connectivity index (χ1v) is 12.8. The van der Waals surface area contributed by atoms with Crippen molar-refractivity contribution in [3.8, 4) is 0 Å². The number of aryl methyl sites for hydroxylation is 1. The highest BCUT2D eigenvalue weighted by molar-refractivity contribution is 6.16. The molecule has 200 valence electrons. The van der Waals surface area contributed by atoms with Crippen molar-refractivity contribution in [2.24, 2.45) is 15.4 Å². The molecule has 0 radical (unpaired) electrons. The minimum atomic E-state index is -0.317. The van der Waals surface area contributed by atoms with E-state index in [1.54, 1.807) is 31.3 Å². The summed E-state index contributed by atoms with van der Waals surface area (Å²) in [6.45, 7) is 25.2. The van der Waals surface area contributed by atoms with Gasteiger partial charge < -0.3 is 5.32 Å². The number of aliphatic imine (C=N–C) groups is 2. The zero-order valence-corrected chi connectivity index (χ0v) is 23.5. The Kier molecular flexibility index (Phi) is 13.6. The van der Waals surface area contributed by atoms with Crippen LogP contribution >= 0.6 is 0 Å². The number of nitrogens with one attached hydrogen (secondary N) is 2. The number of aromatic nitrogens is 2. The second kappa shape index (κ2) is 16.1. The number of hydrogen-bond donors (Lipinski definition) is 2. The molecule has 2 N–H and O–H groups in total. The quantitative estimate of drug-likeness (QED) is 0.125. The van der Waals surface area contributed by atoms with Gasteiger partial charge in [0.05, 0.1) is 11.9 Å². The van der Waals surface area contributed by atoms with Gasteiger partial charge in [-0.05, 0) is 68.7 Å². The van der Waals surface area contributed by atoms with Crippen molar-refractivity contribution in [3.05, 3.63) is 91.1 Å². The van der Waals surface area contributed by atoms with Gasteiger partial charge >= 0.3 is 6.03 Å². The van der Waals surface area contributed by atoms with Gasteiger partial charge in [-0.15, -0.1) is 0 Å². The molecule has 1 aromatic heterocycles. The normalized spacial score (nSPS) is 13.6. The van der Waals surface area contributed by atoms with Crippen molar-refractivity contribution >= 4 is 17.6 Å². The highest BCUT2D eigenvalue weighted by Gasteiger charge is 2.20. The zero-order chi connectivity index (χ0) is 27.8. The fourth-order valence-corrected chi connectivity index (χ4v) is 3.61. The van der Waals surface area contributed by atoms with Crippen LogP contribution in [0.15, 0.2) is 95.5 Å². The van der Waals surface area contributed by atoms with E-state index >= 15 is 0 Å². The highest BCUT2D eigenvalue weighted by Crippen LogP contribution is 2.32. The average Bonchev–Trinajstić information content (AvgIpc) is 3.32. The summed E-state index contributed by atoms with van der Waals surface area (Å²) in [6, 6.07) is -0.317. The lowest BCUT2D eigenvalue weighted by molar-refractivity contribution is 0.242. The molecule has 0 saturated heterocycles. The topological polar surface area (TPSA) is 83.7 Å². The molecule has 37 heavy (non-hydrogen) atoms. The van der Waals surface area contributed by atoms with Crippen LogP contribution in [-0.2, 0) is 6.54 Å². The molecule has 0 aliphatic heterocycles. The molecular formula is C30H44N6O. The summed E-state index contributed by atoms with van der Waals surface area (Å²) in [5.41, 5.74) is 3.38. The molecule has 7 heteroatoms. The monoisotopic (exact) mass is 504 g/mol. The number of carbonyl (C=O) groups excluding carboxylic acids is 1. The first-order valence-electron chi connectivity index (χ1n) is 12.8. The molecule has 0 saturated carbocycles. The average molecular weight is 505 g/mol. The lowest BCUT2D eigenvalue weighted by Gasteiger charge is -2.26. The van der Waals surface area contributed by atoms with Gasteiger partial charge in [0.25, 0.3) is 0 Å². The third-order valence-corrected chi connectivity index (χ3v) is 5.69. The molecule has 0 fully saturated rings. The Morgan fingerprint density at radius 3 is 2.51 bits per heavy atom. The van der Waals surface area contributed by atoms with Gasteiger partial charge in [0.2, 0.25) is 0 Å². The van der Waals surface area contributed by atoms with E-state index in [1.165, 1.54) is 5.57 Å². The maximum absolute atomic E-state index is 12.5. The number of amides is 2. The Morgan fingerprint density at radius 2 is 1.95 bits per heavy atom. The van der Waals surface area contributed by atoms with Gasteiger partial charge in [-0.3, -0.25) is 10.00 Å². The van der Waals surface area contributed by atoms with Crippen molar-refractivity contribution < 1.29 is 4.79 Å². The van der Waals surface area contributed by atoms with E-state index in [0.717, 1.165) is 31.4 Å². The molecule has 0 atom stereocenters. The Balaban J connectivity index is 2.84. The smallest absolute Gasteiger partial charge is 0.320 e. The Morgan fingerprint density at radius 1 is 1.22 bits per heavy atom. The van der Waals surface area contributed by atoms with Crippen LogP contribution in [0.1, 0.15) is 66.4 Å². The molecular weight excluding hydrogens is 460 g/mol. The van der Waals surface area contributed by atoms with E-state index in [0.29, 0.717) is 29.5 Å². The van der Waals surface area contributed by atoms with Crippen LogP contribution in [0.4, 0.5) is 4.79 Å². The molecule has 1 aromatic rings. The molecule has 7 nitrogen and oxygen atoms in total. The minimum absolute atomic E-state index is 0.00448. The third kappa shape index (κ3) is 10.8. The number of hydrogen-bond acceptors (Lipinski definition) is 3. The van der Waals surface area contributed by atoms with Crippen LogP contribution in [0.3, 0.4) is 0 Å². The van der Waals surface area contributed by atoms with Crippen LogP contribution in [-0.4, -0.2) is 33.9 Å². The number of allylic oxidation sites excluding steroid dienone is 7. The van der Waals surface area contributed by atoms with Crippen LogP contribution in [0.25, 0.3) is 0 Å². The Labute approximate surface area is 223 Å². The van der Waals surface area contributed by atoms with Gasteiger partial charge in [-0.25, -0.2) is 14.8 Å². The van der Waals surface area contributed by atoms with Crippen molar-refractivity contribution in [3.63, 3.8) is 0 Å². The summed E-state index contributed by atoms with van der Waals surface area (Å²) in [4.78, 5) is 21.7. The first kappa shape index (κ1) is 31.3. The van der Waals surface area contributed by atoms with Crippen molar-refractivity contribution in [1.82, 2.24) is 20.4 Å². The van der Waals surface area contributed by atoms with Crippen LogP contribution in [0.2, 0.25) is 0 Å². The van der Waals surface area contributed by atoms with E-state index in [9.17, 15) is 4.79 Å². The fourth-order valence-electron chi connectivity index (χ4n) is 3.61. The van der Waals surface area contributed by atoms with Crippen LogP contribution in [0.5, 0.6) is 0 Å². The second-order valence-electron chi connectivity index (χ2n) is 9.29. The minimum Gasteiger partial charge on any atom is -0.338 e. The summed E-state index contributed by atoms with van der Waals surface area (Å²) < 4.78 is 1.87. The van der Waals surface area contributed by atoms with E-state index < -0.39 is 0 Å². The fraction of sp³-hybridized carbons (Fsp3) is 0.400. The van der Waals surface area contributed by atoms with E-state index in [2.05, 4.69) is 78.4 Å². The Hall–Kier alpha value is -3.74. The van der Waals surface area contributed by atoms with Crippen LogP contribution < -0.4 is 10.6 Å². The first-order chi connectivity index (χ1) is 17.6. The lowest BCUT2D eigenvalue weighted by Crippen LogP contribution is -2.35. The van der Waals surface area contributed by atoms with Gasteiger partial charge in [0, 0.05) is 24.8 Å². The summed E-state index contributed by atoms with van der Waals surface area (Å²) in [6.07, 6.45) is 17.7. The van der Waals surface area contributed by atoms with E-state index in [-0.39, 0.29) is 11.4 Å². The molecule has 2 amide bonds. The molecule has 1 rings (SSSR count). The van der Waals surface area contributed by atoms with E-state index in [4.69, 9.17) is 0 Å². The molecule has 0 aliphatic carbocycles. The predicted octanol–water partition coefficient (Wildman–Crippen LogP) is 6.90. The maximum Gasteiger partial charge on any atom is 0.320 e. The summed E-state index contributed by atoms with van der Waals surface area (Å²) in [5, 5.41) is 10.1. The standard InChI is InChI=1S/C30H44N6O/c1-10-15-17-25(12-3)30(8,9)18-16-19-31-29(37)35-27(14-5)34-28(23(6)7)33-26(13-4)24-21-32-36(22-24)20-11-2/h10,12-15,17,21-22H,1,4,6,11,16,18-20H2,2-3,5,7-9H3,(H2,31,35,37)/b17-15-,25-12+,27-14+,33-26?,34-28?. The second-order valence-corrected chi connectivity index (χ2v) is 9.29. The van der Waals surface area contributed by atoms with E-state index in [1.807, 2.05) is 30.8 Å². The molecule has 1 heterocycles. The summed E-state index contributed by atoms with van der Waals surface area (Å²) in [7, 11) is 0. The number of amidine groups is 1. The maximum atomic E-state index is 12.5. The van der Waals surface area contributed by atoms with Crippen LogP contribution in [0, 0.1) is 5.41 Å². The van der Waals surface area contributed by atoms with Gasteiger partial charge in [0.1, 0.15) is 5.82 Å². The molecule has 0 aliphatic rings. The number of rotatable bonds is 14. The Bertz CT molecular complexity index is 1100. The zero-order valence-electron chi connectivity index (χ0n) is 23.5. The number of nitrogens with zero attached hydrogens (tertiary/aromatic N) is 4. The van der Waals surface area contributed by atoms with Crippen molar-refractivity contribution in [2.45, 2.75) is 67.3 Å². The SMILES string of the molecule is C=C/C=C\C(=C/C)C(C)(C)CCCNC(=O)N/C(=C/C)N=C(N=C(C=C)c1cnn(CCC)c1)C(=C)C. The summed E-state index contributed by atoms with van der Waals surface area (Å²) in [5.74, 6) is 0.787. The van der Waals surface area contributed by atoms with Crippen molar-refractivity contribution in [2.75, 3.05) is 6.54 Å². The lowest BCUT2D eigenvalue weighted by atomic mass is 9.79. The number of urea groups is 1. The third-order valence-electron chi connectivity index (χ3n) is 5.69. The molecule has 0 bridgehead atoms. The predicted molar refractivity (Wildman–Crippen MR) is 158 cm³/mol. The van der Waals surface area contributed by atoms with Gasteiger partial charge in [0.15, 0.2) is 5.84 Å². The van der Waals surface area contributed by atoms with Gasteiger partial charge in [-0.1, -0.05) is 64.8 Å². The van der Waals surface area contributed by atoms with Gasteiger partial charge in [-0.2, -0.15) is 5.10 Å². The largest absolute Gasteiger partial charge is 0.338 e. The number of carbonyl (C=O) groups is 1. The molecule has 0 spiro atoms. The summed E-state index contributed by atoms with van der Waals surface area (Å²) >= 11 is 0.